The second-order valence-electron chi connectivity index (χ2n) is 11.0. The highest BCUT2D eigenvalue weighted by atomic mass is 31.2. The molecule has 8 nitrogen and oxygen atoms in total. The third-order valence-electron chi connectivity index (χ3n) is 8.23. The van der Waals surface area contributed by atoms with Crippen LogP contribution in [-0.4, -0.2) is 79.8 Å². The molecule has 0 saturated heterocycles. The van der Waals surface area contributed by atoms with Gasteiger partial charge in [-0.1, -0.05) is 103 Å². The van der Waals surface area contributed by atoms with E-state index in [-0.39, 0.29) is 25.8 Å². The monoisotopic (exact) mass is 578 g/mol. The summed E-state index contributed by atoms with van der Waals surface area (Å²) >= 11 is 0. The fourth-order valence-corrected chi connectivity index (χ4v) is 5.82. The number of rotatable bonds is 28. The number of unbranched alkanes of at least 4 members (excludes halogenated alkanes) is 15. The third kappa shape index (κ3) is 20.8. The first-order valence-electron chi connectivity index (χ1n) is 16.2. The van der Waals surface area contributed by atoms with Gasteiger partial charge < -0.3 is 19.6 Å². The van der Waals surface area contributed by atoms with Crippen molar-refractivity contribution in [1.29, 1.82) is 0 Å². The first kappa shape index (κ1) is 38.3. The van der Waals surface area contributed by atoms with Crippen molar-refractivity contribution < 1.29 is 27.8 Å². The number of carbonyl (C=O) groups is 1. The Kier molecular flexibility index (Phi) is 24.7. The molecule has 0 spiro atoms. The number of likely N-dealkylation sites (N-methyl/N-ethyl adjacent to an activating group) is 1. The molecule has 0 aromatic carbocycles. The number of phosphoric acid groups is 1. The average molecular weight is 579 g/mol. The SMILES string of the molecule is CCCCCCCCCCCCCCCCCCN(CCOP(=O)(O)OCC[N+](CC)(CC)CC)C(=O)NC. The van der Waals surface area contributed by atoms with Gasteiger partial charge in [0.25, 0.3) is 0 Å². The van der Waals surface area contributed by atoms with E-state index >= 15 is 0 Å². The Morgan fingerprint density at radius 3 is 1.51 bits per heavy atom. The van der Waals surface area contributed by atoms with Gasteiger partial charge in [0.2, 0.25) is 0 Å². The molecule has 1 atom stereocenters. The van der Waals surface area contributed by atoms with E-state index in [2.05, 4.69) is 33.0 Å². The maximum atomic E-state index is 12.3. The molecule has 0 aromatic heterocycles. The topological polar surface area (TPSA) is 88.1 Å². The Bertz CT molecular complexity index is 611. The zero-order chi connectivity index (χ0) is 29.2. The van der Waals surface area contributed by atoms with Crippen molar-refractivity contribution in [2.45, 2.75) is 130 Å². The van der Waals surface area contributed by atoms with Crippen LogP contribution in [0.3, 0.4) is 0 Å². The normalized spacial score (nSPS) is 13.4. The number of amides is 2. The fourth-order valence-electron chi connectivity index (χ4n) is 5.12. The number of urea groups is 1. The predicted octanol–water partition coefficient (Wildman–Crippen LogP) is 7.90. The quantitative estimate of drug-likeness (QED) is 0.0560. The number of phosphoric ester groups is 1. The number of hydrogen-bond acceptors (Lipinski definition) is 4. The smallest absolute Gasteiger partial charge is 0.341 e. The summed E-state index contributed by atoms with van der Waals surface area (Å²) in [5.74, 6) is 0. The van der Waals surface area contributed by atoms with E-state index < -0.39 is 7.82 Å². The summed E-state index contributed by atoms with van der Waals surface area (Å²) < 4.78 is 23.5. The highest BCUT2D eigenvalue weighted by Gasteiger charge is 2.26. The summed E-state index contributed by atoms with van der Waals surface area (Å²) in [6, 6.07) is -0.191. The number of hydrogen-bond donors (Lipinski definition) is 2. The molecule has 39 heavy (non-hydrogen) atoms. The van der Waals surface area contributed by atoms with Gasteiger partial charge in [-0.2, -0.15) is 0 Å². The largest absolute Gasteiger partial charge is 0.472 e. The summed E-state index contributed by atoms with van der Waals surface area (Å²) in [6.07, 6.45) is 21.0. The van der Waals surface area contributed by atoms with E-state index in [4.69, 9.17) is 9.05 Å². The Morgan fingerprint density at radius 1 is 0.692 bits per heavy atom. The summed E-state index contributed by atoms with van der Waals surface area (Å²) in [6.45, 7) is 13.2. The van der Waals surface area contributed by atoms with Gasteiger partial charge in [-0.3, -0.25) is 9.05 Å². The molecular formula is C30H65N3O5P+. The van der Waals surface area contributed by atoms with Crippen molar-refractivity contribution in [3.63, 3.8) is 0 Å². The zero-order valence-electron chi connectivity index (χ0n) is 26.4. The molecule has 0 aromatic rings. The lowest BCUT2D eigenvalue weighted by Gasteiger charge is -2.35. The highest BCUT2D eigenvalue weighted by molar-refractivity contribution is 7.47. The first-order valence-corrected chi connectivity index (χ1v) is 17.7. The van der Waals surface area contributed by atoms with Crippen LogP contribution in [0.2, 0.25) is 0 Å². The lowest BCUT2D eigenvalue weighted by Crippen LogP contribution is -2.49. The van der Waals surface area contributed by atoms with Gasteiger partial charge in [-0.05, 0) is 27.2 Å². The molecule has 0 radical (unpaired) electrons. The van der Waals surface area contributed by atoms with E-state index in [0.717, 1.165) is 37.0 Å². The van der Waals surface area contributed by atoms with Gasteiger partial charge in [-0.25, -0.2) is 9.36 Å². The fraction of sp³-hybridized carbons (Fsp3) is 0.967. The van der Waals surface area contributed by atoms with Gasteiger partial charge in [-0.15, -0.1) is 0 Å². The molecule has 1 unspecified atom stereocenters. The molecule has 0 aliphatic heterocycles. The maximum Gasteiger partial charge on any atom is 0.472 e. The number of nitrogens with one attached hydrogen (secondary N) is 1. The van der Waals surface area contributed by atoms with Crippen LogP contribution in [0.5, 0.6) is 0 Å². The predicted molar refractivity (Wildman–Crippen MR) is 164 cm³/mol. The van der Waals surface area contributed by atoms with Crippen LogP contribution >= 0.6 is 7.82 Å². The minimum absolute atomic E-state index is 0.0324. The molecular weight excluding hydrogens is 513 g/mol. The van der Waals surface area contributed by atoms with Crippen molar-refractivity contribution in [2.75, 3.05) is 59.5 Å². The molecule has 2 amide bonds. The van der Waals surface area contributed by atoms with Crippen molar-refractivity contribution in [3.05, 3.63) is 0 Å². The minimum atomic E-state index is -4.14. The second-order valence-corrected chi connectivity index (χ2v) is 12.4. The molecule has 0 aliphatic rings. The first-order chi connectivity index (χ1) is 18.8. The van der Waals surface area contributed by atoms with Crippen molar-refractivity contribution in [1.82, 2.24) is 10.2 Å². The number of carbonyl (C=O) groups excluding carboxylic acids is 1. The zero-order valence-corrected chi connectivity index (χ0v) is 27.3. The van der Waals surface area contributed by atoms with Crippen molar-refractivity contribution >= 4 is 13.9 Å². The molecule has 0 aliphatic carbocycles. The Morgan fingerprint density at radius 2 is 1.10 bits per heavy atom. The molecule has 0 saturated carbocycles. The minimum Gasteiger partial charge on any atom is -0.341 e. The molecule has 0 rings (SSSR count). The lowest BCUT2D eigenvalue weighted by atomic mass is 10.0. The van der Waals surface area contributed by atoms with E-state index in [1.807, 2.05) is 0 Å². The number of quaternary nitrogens is 1. The van der Waals surface area contributed by atoms with Gasteiger partial charge in [0, 0.05) is 20.1 Å². The van der Waals surface area contributed by atoms with Crippen molar-refractivity contribution in [2.24, 2.45) is 0 Å². The molecule has 234 valence electrons. The Labute approximate surface area is 241 Å². The highest BCUT2D eigenvalue weighted by Crippen LogP contribution is 2.42. The molecule has 2 N–H and O–H groups in total. The van der Waals surface area contributed by atoms with E-state index in [0.29, 0.717) is 13.1 Å². The van der Waals surface area contributed by atoms with Gasteiger partial charge in [0.15, 0.2) is 0 Å². The molecule has 0 heterocycles. The molecule has 0 fully saturated rings. The maximum absolute atomic E-state index is 12.3. The van der Waals surface area contributed by atoms with Crippen LogP contribution in [0.25, 0.3) is 0 Å². The van der Waals surface area contributed by atoms with Gasteiger partial charge >= 0.3 is 13.9 Å². The van der Waals surface area contributed by atoms with Crippen LogP contribution in [0.15, 0.2) is 0 Å². The second kappa shape index (κ2) is 25.1. The van der Waals surface area contributed by atoms with Gasteiger partial charge in [0.05, 0.1) is 26.2 Å². The Hall–Kier alpha value is -0.660. The Balaban J connectivity index is 3.93. The van der Waals surface area contributed by atoms with Crippen molar-refractivity contribution in [3.8, 4) is 0 Å². The molecule has 0 bridgehead atoms. The average Bonchev–Trinajstić information content (AvgIpc) is 2.93. The molecule has 9 heteroatoms. The van der Waals surface area contributed by atoms with Gasteiger partial charge in [0.1, 0.15) is 13.2 Å². The van der Waals surface area contributed by atoms with Crippen LogP contribution in [0.1, 0.15) is 130 Å². The van der Waals surface area contributed by atoms with E-state index in [1.54, 1.807) is 11.9 Å². The van der Waals surface area contributed by atoms with E-state index in [9.17, 15) is 14.3 Å². The summed E-state index contributed by atoms with van der Waals surface area (Å²) in [5, 5.41) is 2.65. The van der Waals surface area contributed by atoms with Crippen LogP contribution in [0, 0.1) is 0 Å². The van der Waals surface area contributed by atoms with Crippen LogP contribution in [-0.2, 0) is 13.6 Å². The van der Waals surface area contributed by atoms with E-state index in [1.165, 1.54) is 89.9 Å². The summed E-state index contributed by atoms with van der Waals surface area (Å²) in [5.41, 5.74) is 0. The standard InChI is InChI=1S/C30H64N3O5P/c1-6-10-11-12-13-14-15-16-17-18-19-20-21-22-23-24-25-32(30(34)31-5)26-28-37-39(35,36)38-29-27-33(7-2,8-3)9-4/h6-29H2,1-5H3,(H-,31,34,35,36)/p+1. The third-order valence-corrected chi connectivity index (χ3v) is 9.25. The van der Waals surface area contributed by atoms with Crippen LogP contribution < -0.4 is 5.32 Å². The summed E-state index contributed by atoms with van der Waals surface area (Å²) in [4.78, 5) is 23.9. The van der Waals surface area contributed by atoms with Crippen LogP contribution in [0.4, 0.5) is 4.79 Å². The summed E-state index contributed by atoms with van der Waals surface area (Å²) in [7, 11) is -2.54. The lowest BCUT2D eigenvalue weighted by molar-refractivity contribution is -0.923. The number of nitrogens with zero attached hydrogens (tertiary/aromatic N) is 2.